The zero-order chi connectivity index (χ0) is 22.2. The highest BCUT2D eigenvalue weighted by molar-refractivity contribution is 6.39. The third kappa shape index (κ3) is 3.09. The van der Waals surface area contributed by atoms with Crippen LogP contribution in [0.2, 0.25) is 0 Å². The van der Waals surface area contributed by atoms with Crippen molar-refractivity contribution in [1.82, 2.24) is 5.32 Å². The lowest BCUT2D eigenvalue weighted by Gasteiger charge is -2.27. The molecule has 1 saturated heterocycles. The van der Waals surface area contributed by atoms with E-state index < -0.39 is 17.8 Å². The lowest BCUT2D eigenvalue weighted by Crippen LogP contribution is -2.54. The Bertz CT molecular complexity index is 1400. The van der Waals surface area contributed by atoms with Crippen molar-refractivity contribution in [3.05, 3.63) is 90.0 Å². The number of benzene rings is 4. The van der Waals surface area contributed by atoms with Gasteiger partial charge >= 0.3 is 6.03 Å². The first-order chi connectivity index (χ1) is 15.6. The summed E-state index contributed by atoms with van der Waals surface area (Å²) in [5, 5.41) is 6.06. The molecule has 6 heteroatoms. The molecule has 0 unspecified atom stereocenters. The number of imide groups is 2. The summed E-state index contributed by atoms with van der Waals surface area (Å²) in [5.74, 6) is -1.09. The van der Waals surface area contributed by atoms with Crippen molar-refractivity contribution in [3.8, 4) is 5.75 Å². The number of para-hydroxylation sites is 2. The third-order valence-corrected chi connectivity index (χ3v) is 5.53. The van der Waals surface area contributed by atoms with Gasteiger partial charge in [0.15, 0.2) is 0 Å². The third-order valence-electron chi connectivity index (χ3n) is 5.53. The van der Waals surface area contributed by atoms with Gasteiger partial charge in [-0.3, -0.25) is 14.9 Å². The molecule has 0 aromatic heterocycles. The van der Waals surface area contributed by atoms with Gasteiger partial charge in [0.1, 0.15) is 11.3 Å². The van der Waals surface area contributed by atoms with Crippen LogP contribution < -0.4 is 15.0 Å². The van der Waals surface area contributed by atoms with Gasteiger partial charge in [-0.2, -0.15) is 0 Å². The second kappa shape index (κ2) is 7.67. The molecule has 0 radical (unpaired) electrons. The number of hydrogen-bond acceptors (Lipinski definition) is 4. The van der Waals surface area contributed by atoms with Crippen LogP contribution in [0, 0.1) is 0 Å². The number of amides is 4. The summed E-state index contributed by atoms with van der Waals surface area (Å²) in [6, 6.07) is 23.5. The van der Waals surface area contributed by atoms with Crippen molar-refractivity contribution < 1.29 is 19.1 Å². The summed E-state index contributed by atoms with van der Waals surface area (Å²) >= 11 is 0. The standard InChI is InChI=1S/C26H18N2O4/c1-32-23-13-7-6-12-22(23)28-25(30)21(24(29)27-26(28)31)15-20-18-10-4-2-8-16(18)14-17-9-3-5-11-19(17)20/h2-15H,1H3,(H,27,29,31). The quantitative estimate of drug-likeness (QED) is 0.296. The monoisotopic (exact) mass is 422 g/mol. The van der Waals surface area contributed by atoms with Gasteiger partial charge in [-0.05, 0) is 51.4 Å². The molecule has 0 spiro atoms. The number of nitrogens with one attached hydrogen (secondary N) is 1. The predicted molar refractivity (Wildman–Crippen MR) is 123 cm³/mol. The van der Waals surface area contributed by atoms with Gasteiger partial charge in [-0.15, -0.1) is 0 Å². The van der Waals surface area contributed by atoms with Crippen LogP contribution in [0.25, 0.3) is 27.6 Å². The van der Waals surface area contributed by atoms with E-state index in [4.69, 9.17) is 4.74 Å². The average Bonchev–Trinajstić information content (AvgIpc) is 2.81. The number of barbiturate groups is 1. The molecule has 4 amide bonds. The van der Waals surface area contributed by atoms with Gasteiger partial charge < -0.3 is 4.74 Å². The van der Waals surface area contributed by atoms with Crippen LogP contribution in [-0.4, -0.2) is 25.0 Å². The first-order valence-electron chi connectivity index (χ1n) is 10.0. The molecule has 1 N–H and O–H groups in total. The Hall–Kier alpha value is -4.45. The van der Waals surface area contributed by atoms with Crippen LogP contribution in [-0.2, 0) is 9.59 Å². The maximum Gasteiger partial charge on any atom is 0.336 e. The number of urea groups is 1. The van der Waals surface area contributed by atoms with Crippen molar-refractivity contribution in [2.45, 2.75) is 0 Å². The molecular formula is C26H18N2O4. The highest BCUT2D eigenvalue weighted by atomic mass is 16.5. The van der Waals surface area contributed by atoms with E-state index in [1.165, 1.54) is 7.11 Å². The van der Waals surface area contributed by atoms with Crippen LogP contribution in [0.4, 0.5) is 10.5 Å². The van der Waals surface area contributed by atoms with E-state index in [0.717, 1.165) is 32.0 Å². The van der Waals surface area contributed by atoms with Crippen LogP contribution in [0.15, 0.2) is 84.4 Å². The maximum absolute atomic E-state index is 13.4. The zero-order valence-corrected chi connectivity index (χ0v) is 17.2. The number of carbonyl (C=O) groups excluding carboxylic acids is 3. The van der Waals surface area contributed by atoms with E-state index in [-0.39, 0.29) is 11.3 Å². The molecule has 1 aliphatic rings. The fourth-order valence-corrected chi connectivity index (χ4v) is 4.04. The first kappa shape index (κ1) is 19.5. The highest BCUT2D eigenvalue weighted by Crippen LogP contribution is 2.33. The number of carbonyl (C=O) groups is 3. The predicted octanol–water partition coefficient (Wildman–Crippen LogP) is 4.67. The first-order valence-corrected chi connectivity index (χ1v) is 10.0. The molecule has 0 aliphatic carbocycles. The van der Waals surface area contributed by atoms with Crippen LogP contribution in [0.1, 0.15) is 5.56 Å². The maximum atomic E-state index is 13.4. The summed E-state index contributed by atoms with van der Waals surface area (Å²) in [6.45, 7) is 0. The van der Waals surface area contributed by atoms with Gasteiger partial charge in [0, 0.05) is 0 Å². The van der Waals surface area contributed by atoms with E-state index in [0.29, 0.717) is 5.75 Å². The molecule has 156 valence electrons. The second-order valence-corrected chi connectivity index (χ2v) is 7.36. The number of ether oxygens (including phenoxy) is 1. The van der Waals surface area contributed by atoms with E-state index in [2.05, 4.69) is 11.4 Å². The van der Waals surface area contributed by atoms with Gasteiger partial charge in [0.2, 0.25) is 0 Å². The molecule has 0 bridgehead atoms. The molecule has 5 rings (SSSR count). The summed E-state index contributed by atoms with van der Waals surface area (Å²) < 4.78 is 5.31. The SMILES string of the molecule is COc1ccccc1N1C(=O)NC(=O)C(=Cc2c3ccccc3cc3ccccc23)C1=O. The fourth-order valence-electron chi connectivity index (χ4n) is 4.04. The van der Waals surface area contributed by atoms with Crippen molar-refractivity contribution >= 4 is 51.2 Å². The summed E-state index contributed by atoms with van der Waals surface area (Å²) in [5.41, 5.74) is 0.877. The molecule has 1 aliphatic heterocycles. The highest BCUT2D eigenvalue weighted by Gasteiger charge is 2.38. The molecule has 4 aromatic rings. The van der Waals surface area contributed by atoms with Crippen molar-refractivity contribution in [2.75, 3.05) is 12.0 Å². The zero-order valence-electron chi connectivity index (χ0n) is 17.2. The number of hydrogen-bond donors (Lipinski definition) is 1. The van der Waals surface area contributed by atoms with Gasteiger partial charge in [0.05, 0.1) is 12.8 Å². The molecule has 1 fully saturated rings. The van der Waals surface area contributed by atoms with Crippen molar-refractivity contribution in [1.29, 1.82) is 0 Å². The van der Waals surface area contributed by atoms with E-state index in [1.807, 2.05) is 48.5 Å². The average molecular weight is 422 g/mol. The van der Waals surface area contributed by atoms with Crippen LogP contribution >= 0.6 is 0 Å². The Kier molecular flexibility index (Phi) is 4.67. The molecule has 6 nitrogen and oxygen atoms in total. The Morgan fingerprint density at radius 3 is 2.06 bits per heavy atom. The molecule has 32 heavy (non-hydrogen) atoms. The van der Waals surface area contributed by atoms with E-state index in [1.54, 1.807) is 30.3 Å². The van der Waals surface area contributed by atoms with Crippen LogP contribution in [0.3, 0.4) is 0 Å². The molecule has 0 atom stereocenters. The number of anilines is 1. The van der Waals surface area contributed by atoms with Gasteiger partial charge in [-0.25, -0.2) is 9.69 Å². The normalized spacial score (nSPS) is 15.5. The Morgan fingerprint density at radius 1 is 0.812 bits per heavy atom. The van der Waals surface area contributed by atoms with Gasteiger partial charge in [0.25, 0.3) is 11.8 Å². The topological polar surface area (TPSA) is 75.7 Å². The minimum absolute atomic E-state index is 0.128. The largest absolute Gasteiger partial charge is 0.495 e. The smallest absolute Gasteiger partial charge is 0.336 e. The Balaban J connectivity index is 1.73. The molecule has 0 saturated carbocycles. The fraction of sp³-hybridized carbons (Fsp3) is 0.0385. The lowest BCUT2D eigenvalue weighted by molar-refractivity contribution is -0.122. The minimum Gasteiger partial charge on any atom is -0.495 e. The number of fused-ring (bicyclic) bond motifs is 2. The van der Waals surface area contributed by atoms with E-state index in [9.17, 15) is 14.4 Å². The Morgan fingerprint density at radius 2 is 1.41 bits per heavy atom. The molecular weight excluding hydrogens is 404 g/mol. The van der Waals surface area contributed by atoms with Crippen molar-refractivity contribution in [3.63, 3.8) is 0 Å². The summed E-state index contributed by atoms with van der Waals surface area (Å²) in [7, 11) is 1.45. The van der Waals surface area contributed by atoms with Gasteiger partial charge in [-0.1, -0.05) is 60.7 Å². The summed E-state index contributed by atoms with van der Waals surface area (Å²) in [6.07, 6.45) is 1.57. The van der Waals surface area contributed by atoms with E-state index >= 15 is 0 Å². The minimum atomic E-state index is -0.815. The number of nitrogens with zero attached hydrogens (tertiary/aromatic N) is 1. The lowest BCUT2D eigenvalue weighted by atomic mass is 9.94. The van der Waals surface area contributed by atoms with Crippen LogP contribution in [0.5, 0.6) is 5.75 Å². The number of rotatable bonds is 3. The Labute approximate surface area is 183 Å². The molecule has 1 heterocycles. The number of methoxy groups -OCH3 is 1. The second-order valence-electron chi connectivity index (χ2n) is 7.36. The van der Waals surface area contributed by atoms with Crippen molar-refractivity contribution in [2.24, 2.45) is 0 Å². The molecule has 4 aromatic carbocycles. The summed E-state index contributed by atoms with van der Waals surface area (Å²) in [4.78, 5) is 39.7.